The first-order chi connectivity index (χ1) is 6.48. The van der Waals surface area contributed by atoms with Crippen LogP contribution >= 0.6 is 0 Å². The predicted octanol–water partition coefficient (Wildman–Crippen LogP) is -0.281. The number of hydrogen-bond acceptors (Lipinski definition) is 4. The summed E-state index contributed by atoms with van der Waals surface area (Å²) < 4.78 is 28.0. The van der Waals surface area contributed by atoms with Crippen LogP contribution in [0.2, 0.25) is 0 Å². The third-order valence-electron chi connectivity index (χ3n) is 1.79. The Morgan fingerprint density at radius 2 is 1.73 bits per heavy atom. The molecule has 0 amide bonds. The first-order valence-electron chi connectivity index (χ1n) is 4.42. The van der Waals surface area contributed by atoms with Crippen LogP contribution in [0.25, 0.3) is 0 Å². The highest BCUT2D eigenvalue weighted by molar-refractivity contribution is 7.84. The molecule has 92 valence electrons. The van der Waals surface area contributed by atoms with Crippen molar-refractivity contribution in [3.05, 3.63) is 0 Å². The third kappa shape index (κ3) is 24.7. The normalized spacial score (nSPS) is 11.5. The van der Waals surface area contributed by atoms with E-state index in [9.17, 15) is 4.79 Å². The number of carboxylic acid groups (broad SMARTS) is 1. The summed E-state index contributed by atoms with van der Waals surface area (Å²) in [6.45, 7) is 3.75. The van der Waals surface area contributed by atoms with E-state index in [-0.39, 0.29) is 6.42 Å². The first-order valence-corrected chi connectivity index (χ1v) is 6.24. The van der Waals surface area contributed by atoms with Crippen LogP contribution in [-0.4, -0.2) is 62.0 Å². The van der Waals surface area contributed by atoms with Gasteiger partial charge in [0.15, 0.2) is 0 Å². The second-order valence-electron chi connectivity index (χ2n) is 3.82. The molecule has 0 aliphatic carbocycles. The maximum Gasteiger partial charge on any atom is 0.309 e. The van der Waals surface area contributed by atoms with Crippen molar-refractivity contribution in [3.63, 3.8) is 0 Å². The second kappa shape index (κ2) is 6.76. The fourth-order valence-corrected chi connectivity index (χ4v) is 0.556. The van der Waals surface area contributed by atoms with Crippen molar-refractivity contribution in [3.8, 4) is 0 Å². The summed E-state index contributed by atoms with van der Waals surface area (Å²) in [6, 6.07) is 0. The lowest BCUT2D eigenvalue weighted by Crippen LogP contribution is -2.40. The van der Waals surface area contributed by atoms with E-state index in [4.69, 9.17) is 18.1 Å². The van der Waals surface area contributed by atoms with Crippen molar-refractivity contribution in [2.24, 2.45) is 0 Å². The fraction of sp³-hybridized carbons (Fsp3) is 0.875. The summed E-state index contributed by atoms with van der Waals surface area (Å²) >= 11 is 0. The molecule has 0 aromatic carbocycles. The molecule has 0 aromatic heterocycles. The minimum atomic E-state index is -3.92. The summed E-state index contributed by atoms with van der Waals surface area (Å²) in [7, 11) is 0.145. The Hall–Kier alpha value is -0.660. The molecule has 0 rings (SSSR count). The highest BCUT2D eigenvalue weighted by Gasteiger charge is 2.12. The molecule has 0 aliphatic rings. The molecule has 1 N–H and O–H groups in total. The van der Waals surface area contributed by atoms with Gasteiger partial charge in [-0.2, -0.15) is 0 Å². The van der Waals surface area contributed by atoms with Gasteiger partial charge in [-0.3, -0.25) is 4.79 Å². The van der Waals surface area contributed by atoms with Gasteiger partial charge >= 0.3 is 5.97 Å². The van der Waals surface area contributed by atoms with Gasteiger partial charge in [0.2, 0.25) is 0 Å². The van der Waals surface area contributed by atoms with Gasteiger partial charge in [0.05, 0.1) is 43.7 Å². The summed E-state index contributed by atoms with van der Waals surface area (Å²) in [4.78, 5) is 10.2. The van der Waals surface area contributed by atoms with Crippen molar-refractivity contribution in [2.75, 3.05) is 33.4 Å². The Bertz CT molecular complexity index is 275. The number of hydrogen-bond donors (Lipinski definition) is 1. The zero-order valence-corrected chi connectivity index (χ0v) is 10.4. The zero-order valence-electron chi connectivity index (χ0n) is 9.56. The maximum atomic E-state index is 10.2. The SMILES string of the molecule is CC[N+](C)(C)CCC(=O)O.CS(=O)(=O)[O-]. The van der Waals surface area contributed by atoms with Crippen LogP contribution in [0, 0.1) is 0 Å². The Morgan fingerprint density at radius 3 is 1.93 bits per heavy atom. The molecule has 0 atom stereocenters. The largest absolute Gasteiger partial charge is 0.748 e. The molecule has 0 saturated carbocycles. The summed E-state index contributed by atoms with van der Waals surface area (Å²) in [6.07, 6.45) is 0.869. The summed E-state index contributed by atoms with van der Waals surface area (Å²) in [5, 5.41) is 8.36. The Morgan fingerprint density at radius 1 is 1.40 bits per heavy atom. The lowest BCUT2D eigenvalue weighted by atomic mass is 10.3. The number of carbonyl (C=O) groups is 1. The molecule has 0 spiro atoms. The van der Waals surface area contributed by atoms with E-state index in [1.165, 1.54) is 0 Å². The smallest absolute Gasteiger partial charge is 0.309 e. The van der Waals surface area contributed by atoms with Gasteiger partial charge in [0.1, 0.15) is 0 Å². The van der Waals surface area contributed by atoms with E-state index in [2.05, 4.69) is 6.92 Å². The Kier molecular flexibility index (Phi) is 7.55. The van der Waals surface area contributed by atoms with Gasteiger partial charge in [0, 0.05) is 6.26 Å². The number of aliphatic carboxylic acids is 1. The average Bonchev–Trinajstić information content (AvgIpc) is 1.98. The zero-order chi connectivity index (χ0) is 12.7. The molecule has 15 heavy (non-hydrogen) atoms. The molecule has 0 heterocycles. The number of carboxylic acids is 1. The molecule has 0 aromatic rings. The van der Waals surface area contributed by atoms with Gasteiger partial charge in [-0.15, -0.1) is 0 Å². The van der Waals surface area contributed by atoms with Gasteiger partial charge in [-0.1, -0.05) is 0 Å². The molecule has 0 radical (unpaired) electrons. The molecule has 0 bridgehead atoms. The van der Waals surface area contributed by atoms with Crippen molar-refractivity contribution < 1.29 is 27.4 Å². The molecule has 0 fully saturated rings. The monoisotopic (exact) mass is 241 g/mol. The predicted molar refractivity (Wildman–Crippen MR) is 55.4 cm³/mol. The van der Waals surface area contributed by atoms with Crippen molar-refractivity contribution >= 4 is 16.1 Å². The number of rotatable bonds is 4. The molecule has 0 saturated heterocycles. The highest BCUT2D eigenvalue weighted by atomic mass is 32.2. The average molecular weight is 241 g/mol. The van der Waals surface area contributed by atoms with Crippen LogP contribution in [0.1, 0.15) is 13.3 Å². The standard InChI is InChI=1S/C7H15NO2.CH4O3S/c1-4-8(2,3)6-5-7(9)10;1-5(2,3)4/h4-6H2,1-3H3;1H3,(H,2,3,4). The van der Waals surface area contributed by atoms with Gasteiger partial charge in [0.25, 0.3) is 0 Å². The van der Waals surface area contributed by atoms with Crippen LogP contribution in [-0.2, 0) is 14.9 Å². The molecular formula is C8H19NO5S. The number of nitrogens with zero attached hydrogens (tertiary/aromatic N) is 1. The summed E-state index contributed by atoms with van der Waals surface area (Å²) in [5.74, 6) is -0.709. The van der Waals surface area contributed by atoms with Crippen molar-refractivity contribution in [1.29, 1.82) is 0 Å². The van der Waals surface area contributed by atoms with Gasteiger partial charge < -0.3 is 14.1 Å². The molecule has 0 unspecified atom stereocenters. The third-order valence-corrected chi connectivity index (χ3v) is 1.79. The molecular weight excluding hydrogens is 222 g/mol. The first kappa shape index (κ1) is 16.8. The van der Waals surface area contributed by atoms with Crippen LogP contribution in [0.4, 0.5) is 0 Å². The van der Waals surface area contributed by atoms with E-state index in [1.807, 2.05) is 14.1 Å². The minimum Gasteiger partial charge on any atom is -0.748 e. The molecule has 6 nitrogen and oxygen atoms in total. The van der Waals surface area contributed by atoms with E-state index in [1.54, 1.807) is 0 Å². The van der Waals surface area contributed by atoms with E-state index < -0.39 is 16.1 Å². The Labute approximate surface area is 90.9 Å². The lowest BCUT2D eigenvalue weighted by molar-refractivity contribution is -0.887. The van der Waals surface area contributed by atoms with Crippen molar-refractivity contribution in [1.82, 2.24) is 0 Å². The van der Waals surface area contributed by atoms with Crippen LogP contribution < -0.4 is 0 Å². The van der Waals surface area contributed by atoms with Crippen molar-refractivity contribution in [2.45, 2.75) is 13.3 Å². The lowest BCUT2D eigenvalue weighted by Gasteiger charge is -2.27. The fourth-order valence-electron chi connectivity index (χ4n) is 0.556. The Balaban J connectivity index is 0. The maximum absolute atomic E-state index is 10.2. The van der Waals surface area contributed by atoms with Gasteiger partial charge in [-0.05, 0) is 6.92 Å². The second-order valence-corrected chi connectivity index (χ2v) is 5.23. The molecule has 7 heteroatoms. The van der Waals surface area contributed by atoms with Crippen LogP contribution in [0.5, 0.6) is 0 Å². The van der Waals surface area contributed by atoms with Crippen LogP contribution in [0.3, 0.4) is 0 Å². The minimum absolute atomic E-state index is 0.265. The van der Waals surface area contributed by atoms with E-state index in [0.29, 0.717) is 12.8 Å². The van der Waals surface area contributed by atoms with E-state index >= 15 is 0 Å². The highest BCUT2D eigenvalue weighted by Crippen LogP contribution is 1.97. The van der Waals surface area contributed by atoms with E-state index in [0.717, 1.165) is 11.0 Å². The topological polar surface area (TPSA) is 94.5 Å². The molecule has 0 aliphatic heterocycles. The van der Waals surface area contributed by atoms with Gasteiger partial charge in [-0.25, -0.2) is 8.42 Å². The van der Waals surface area contributed by atoms with Crippen LogP contribution in [0.15, 0.2) is 0 Å². The quantitative estimate of drug-likeness (QED) is 0.539. The summed E-state index contributed by atoms with van der Waals surface area (Å²) in [5.41, 5.74) is 0. The number of quaternary nitrogens is 1.